The van der Waals surface area contributed by atoms with E-state index in [1.807, 2.05) is 26.4 Å². The molecule has 0 saturated carbocycles. The molecule has 0 amide bonds. The van der Waals surface area contributed by atoms with Gasteiger partial charge in [-0.1, -0.05) is 31.2 Å². The number of benzene rings is 1. The second-order valence-electron chi connectivity index (χ2n) is 6.99. The lowest BCUT2D eigenvalue weighted by Gasteiger charge is -2.33. The van der Waals surface area contributed by atoms with Crippen molar-refractivity contribution < 1.29 is 0 Å². The molecule has 6 heteroatoms. The van der Waals surface area contributed by atoms with Crippen LogP contribution in [0.2, 0.25) is 0 Å². The number of rotatable bonds is 4. The van der Waals surface area contributed by atoms with Crippen molar-refractivity contribution in [3.8, 4) is 0 Å². The Labute approximate surface area is 173 Å². The maximum Gasteiger partial charge on any atom is 0.193 e. The summed E-state index contributed by atoms with van der Waals surface area (Å²) in [5.74, 6) is 2.89. The molecule has 0 radical (unpaired) electrons. The lowest BCUT2D eigenvalue weighted by molar-refractivity contribution is 0.273. The highest BCUT2D eigenvalue weighted by Crippen LogP contribution is 2.16. The van der Waals surface area contributed by atoms with Crippen LogP contribution in [0, 0.1) is 12.8 Å². The van der Waals surface area contributed by atoms with Crippen molar-refractivity contribution in [2.45, 2.75) is 39.8 Å². The van der Waals surface area contributed by atoms with Crippen LogP contribution in [0.15, 0.2) is 41.7 Å². The van der Waals surface area contributed by atoms with Crippen molar-refractivity contribution in [3.05, 3.63) is 53.6 Å². The minimum Gasteiger partial charge on any atom is -0.352 e. The van der Waals surface area contributed by atoms with E-state index < -0.39 is 0 Å². The van der Waals surface area contributed by atoms with E-state index in [0.717, 1.165) is 43.9 Å². The van der Waals surface area contributed by atoms with Gasteiger partial charge >= 0.3 is 0 Å². The molecule has 1 fully saturated rings. The van der Waals surface area contributed by atoms with E-state index in [4.69, 9.17) is 0 Å². The molecule has 1 N–H and O–H groups in total. The predicted octanol–water partition coefficient (Wildman–Crippen LogP) is 3.67. The van der Waals surface area contributed by atoms with Gasteiger partial charge in [-0.25, -0.2) is 4.98 Å². The lowest BCUT2D eigenvalue weighted by atomic mass is 9.99. The molecule has 1 aromatic carbocycles. The monoisotopic (exact) mass is 467 g/mol. The number of likely N-dealkylation sites (tertiary alicyclic amines) is 1. The minimum atomic E-state index is 0. The Hall–Kier alpha value is -1.57. The number of hydrogen-bond donors (Lipinski definition) is 1. The highest BCUT2D eigenvalue weighted by Gasteiger charge is 2.18. The molecule has 2 heterocycles. The molecule has 1 aromatic heterocycles. The maximum atomic E-state index is 4.47. The molecule has 1 saturated heterocycles. The highest BCUT2D eigenvalue weighted by atomic mass is 127. The topological polar surface area (TPSA) is 45.5 Å². The molecule has 1 aliphatic heterocycles. The van der Waals surface area contributed by atoms with Crippen molar-refractivity contribution in [2.75, 3.05) is 20.1 Å². The molecule has 142 valence electrons. The van der Waals surface area contributed by atoms with Crippen LogP contribution in [-0.4, -0.2) is 40.5 Å². The van der Waals surface area contributed by atoms with Crippen LogP contribution in [0.25, 0.3) is 0 Å². The van der Waals surface area contributed by atoms with Gasteiger partial charge in [-0.05, 0) is 36.8 Å². The zero-order chi connectivity index (χ0) is 17.6. The lowest BCUT2D eigenvalue weighted by Crippen LogP contribution is -2.45. The highest BCUT2D eigenvalue weighted by molar-refractivity contribution is 14.0. The zero-order valence-electron chi connectivity index (χ0n) is 16.0. The largest absolute Gasteiger partial charge is 0.352 e. The number of guanidine groups is 1. The quantitative estimate of drug-likeness (QED) is 0.424. The van der Waals surface area contributed by atoms with Gasteiger partial charge in [-0.2, -0.15) is 0 Å². The average Bonchev–Trinajstić information content (AvgIpc) is 3.02. The Morgan fingerprint density at radius 3 is 2.65 bits per heavy atom. The Morgan fingerprint density at radius 2 is 2.00 bits per heavy atom. The third kappa shape index (κ3) is 5.46. The van der Waals surface area contributed by atoms with Gasteiger partial charge < -0.3 is 14.8 Å². The van der Waals surface area contributed by atoms with Crippen molar-refractivity contribution >= 4 is 29.9 Å². The second-order valence-corrected chi connectivity index (χ2v) is 6.99. The molecular weight excluding hydrogens is 437 g/mol. The van der Waals surface area contributed by atoms with Crippen molar-refractivity contribution in [3.63, 3.8) is 0 Å². The zero-order valence-corrected chi connectivity index (χ0v) is 18.3. The van der Waals surface area contributed by atoms with Crippen LogP contribution >= 0.6 is 24.0 Å². The van der Waals surface area contributed by atoms with Gasteiger partial charge in [0, 0.05) is 45.6 Å². The van der Waals surface area contributed by atoms with Gasteiger partial charge in [0.15, 0.2) is 5.96 Å². The van der Waals surface area contributed by atoms with E-state index in [9.17, 15) is 0 Å². The van der Waals surface area contributed by atoms with E-state index in [2.05, 4.69) is 55.9 Å². The van der Waals surface area contributed by atoms with Crippen LogP contribution in [0.3, 0.4) is 0 Å². The van der Waals surface area contributed by atoms with E-state index in [0.29, 0.717) is 0 Å². The van der Waals surface area contributed by atoms with Crippen LogP contribution in [0.1, 0.15) is 36.7 Å². The normalized spacial score (nSPS) is 15.7. The van der Waals surface area contributed by atoms with E-state index in [-0.39, 0.29) is 24.0 Å². The number of nitrogens with zero attached hydrogens (tertiary/aromatic N) is 4. The SMILES string of the molecule is CN=C(NCc1cccc(Cn2ccnc2C)c1)N1CCC(C)CC1.I. The molecule has 0 unspecified atom stereocenters. The first kappa shape index (κ1) is 20.7. The summed E-state index contributed by atoms with van der Waals surface area (Å²) >= 11 is 0. The number of aromatic nitrogens is 2. The Bertz CT molecular complexity index is 716. The fraction of sp³-hybridized carbons (Fsp3) is 0.500. The molecule has 1 aliphatic rings. The Morgan fingerprint density at radius 1 is 1.27 bits per heavy atom. The second kappa shape index (κ2) is 9.94. The third-order valence-corrected chi connectivity index (χ3v) is 5.01. The fourth-order valence-corrected chi connectivity index (χ4v) is 3.34. The number of halogens is 1. The molecule has 26 heavy (non-hydrogen) atoms. The third-order valence-electron chi connectivity index (χ3n) is 5.01. The number of hydrogen-bond acceptors (Lipinski definition) is 2. The molecule has 0 aliphatic carbocycles. The summed E-state index contributed by atoms with van der Waals surface area (Å²) in [7, 11) is 1.87. The molecule has 0 spiro atoms. The number of aryl methyl sites for hydroxylation is 1. The van der Waals surface area contributed by atoms with Gasteiger partial charge in [-0.15, -0.1) is 24.0 Å². The van der Waals surface area contributed by atoms with Gasteiger partial charge in [0.2, 0.25) is 0 Å². The van der Waals surface area contributed by atoms with Crippen LogP contribution in [-0.2, 0) is 13.1 Å². The minimum absolute atomic E-state index is 0. The summed E-state index contributed by atoms with van der Waals surface area (Å²) in [4.78, 5) is 11.1. The molecule has 2 aromatic rings. The van der Waals surface area contributed by atoms with Crippen molar-refractivity contribution in [1.82, 2.24) is 19.8 Å². The van der Waals surface area contributed by atoms with Crippen LogP contribution in [0.5, 0.6) is 0 Å². The smallest absolute Gasteiger partial charge is 0.193 e. The molecule has 0 atom stereocenters. The molecular formula is C20H30IN5. The summed E-state index contributed by atoms with van der Waals surface area (Å²) in [6.07, 6.45) is 6.38. The summed E-state index contributed by atoms with van der Waals surface area (Å²) in [6.45, 7) is 8.23. The van der Waals surface area contributed by atoms with E-state index in [1.165, 1.54) is 24.0 Å². The van der Waals surface area contributed by atoms with Gasteiger partial charge in [0.1, 0.15) is 5.82 Å². The summed E-state index contributed by atoms with van der Waals surface area (Å²) in [5.41, 5.74) is 2.57. The van der Waals surface area contributed by atoms with Crippen LogP contribution < -0.4 is 5.32 Å². The number of aliphatic imine (C=N–C) groups is 1. The Balaban J connectivity index is 0.00000243. The van der Waals surface area contributed by atoms with Gasteiger partial charge in [0.25, 0.3) is 0 Å². The van der Waals surface area contributed by atoms with E-state index >= 15 is 0 Å². The number of nitrogens with one attached hydrogen (secondary N) is 1. The number of imidazole rings is 1. The molecule has 5 nitrogen and oxygen atoms in total. The fourth-order valence-electron chi connectivity index (χ4n) is 3.34. The molecule has 3 rings (SSSR count). The Kier molecular flexibility index (Phi) is 7.93. The van der Waals surface area contributed by atoms with E-state index in [1.54, 1.807) is 0 Å². The van der Waals surface area contributed by atoms with Gasteiger partial charge in [0.05, 0.1) is 0 Å². The number of piperidine rings is 1. The summed E-state index contributed by atoms with van der Waals surface area (Å²) < 4.78 is 2.17. The average molecular weight is 467 g/mol. The van der Waals surface area contributed by atoms with Crippen molar-refractivity contribution in [1.29, 1.82) is 0 Å². The summed E-state index contributed by atoms with van der Waals surface area (Å²) in [6, 6.07) is 8.73. The summed E-state index contributed by atoms with van der Waals surface area (Å²) in [5, 5.41) is 3.52. The van der Waals surface area contributed by atoms with Crippen molar-refractivity contribution in [2.24, 2.45) is 10.9 Å². The van der Waals surface area contributed by atoms with Crippen LogP contribution in [0.4, 0.5) is 0 Å². The first-order valence-electron chi connectivity index (χ1n) is 9.17. The standard InChI is InChI=1S/C20H29N5.HI/c1-16-7-10-24(11-8-16)20(21-3)23-14-18-5-4-6-19(13-18)15-25-12-9-22-17(25)2;/h4-6,9,12-13,16H,7-8,10-11,14-15H2,1-3H3,(H,21,23);1H. The first-order valence-corrected chi connectivity index (χ1v) is 9.17. The maximum absolute atomic E-state index is 4.47. The predicted molar refractivity (Wildman–Crippen MR) is 118 cm³/mol. The first-order chi connectivity index (χ1) is 12.2. The molecule has 0 bridgehead atoms. The van der Waals surface area contributed by atoms with Gasteiger partial charge in [-0.3, -0.25) is 4.99 Å².